The maximum Gasteiger partial charge on any atom is 0.287 e. The first kappa shape index (κ1) is 19.5. The molecule has 0 saturated carbocycles. The van der Waals surface area contributed by atoms with Crippen molar-refractivity contribution in [2.45, 2.75) is 13.0 Å². The molecule has 0 saturated heterocycles. The molecule has 0 aliphatic rings. The summed E-state index contributed by atoms with van der Waals surface area (Å²) >= 11 is 3.46. The molecule has 0 spiro atoms. The van der Waals surface area contributed by atoms with Gasteiger partial charge >= 0.3 is 0 Å². The lowest BCUT2D eigenvalue weighted by Gasteiger charge is -2.26. The summed E-state index contributed by atoms with van der Waals surface area (Å²) in [5, 5.41) is 3.94. The largest absolute Gasteiger partial charge is 0.496 e. The zero-order valence-corrected chi connectivity index (χ0v) is 17.5. The Balaban J connectivity index is 1.82. The minimum Gasteiger partial charge on any atom is -0.496 e. The maximum absolute atomic E-state index is 12.8. The normalized spacial score (nSPS) is 12.4. The lowest BCUT2D eigenvalue weighted by Crippen LogP contribution is -2.34. The number of fused-ring (bicyclic) bond motifs is 1. The average Bonchev–Trinajstić information content (AvgIpc) is 2.98. The molecular formula is C21H23BrN2O3. The number of likely N-dealkylation sites (N-methyl/N-ethyl adjacent to an activating group) is 1. The number of benzene rings is 2. The molecule has 0 bridgehead atoms. The molecular weight excluding hydrogens is 408 g/mol. The van der Waals surface area contributed by atoms with Gasteiger partial charge in [-0.2, -0.15) is 0 Å². The van der Waals surface area contributed by atoms with Crippen molar-refractivity contribution in [2.24, 2.45) is 0 Å². The zero-order chi connectivity index (χ0) is 19.6. The van der Waals surface area contributed by atoms with Crippen molar-refractivity contribution in [2.75, 3.05) is 27.7 Å². The number of hydrogen-bond acceptors (Lipinski definition) is 4. The first-order valence-electron chi connectivity index (χ1n) is 8.68. The van der Waals surface area contributed by atoms with Gasteiger partial charge in [-0.1, -0.05) is 34.1 Å². The van der Waals surface area contributed by atoms with Gasteiger partial charge in [-0.05, 0) is 45.3 Å². The molecule has 1 atom stereocenters. The zero-order valence-electron chi connectivity index (χ0n) is 15.9. The molecule has 27 heavy (non-hydrogen) atoms. The summed E-state index contributed by atoms with van der Waals surface area (Å²) in [6.45, 7) is 2.34. The molecule has 0 radical (unpaired) electrons. The third-order valence-corrected chi connectivity index (χ3v) is 5.17. The smallest absolute Gasteiger partial charge is 0.287 e. The molecule has 142 valence electrons. The maximum atomic E-state index is 12.8. The minimum absolute atomic E-state index is 0.0241. The van der Waals surface area contributed by atoms with E-state index in [2.05, 4.69) is 26.1 Å². The molecule has 2 aromatic carbocycles. The number of aryl methyl sites for hydroxylation is 1. The molecule has 0 aliphatic heterocycles. The number of rotatable bonds is 6. The molecule has 0 fully saturated rings. The van der Waals surface area contributed by atoms with Crippen molar-refractivity contribution in [3.05, 3.63) is 63.8 Å². The fourth-order valence-electron chi connectivity index (χ4n) is 3.19. The lowest BCUT2D eigenvalue weighted by molar-refractivity contribution is 0.0915. The summed E-state index contributed by atoms with van der Waals surface area (Å²) in [6, 6.07) is 13.5. The van der Waals surface area contributed by atoms with Crippen LogP contribution in [0.4, 0.5) is 0 Å². The highest BCUT2D eigenvalue weighted by molar-refractivity contribution is 9.10. The van der Waals surface area contributed by atoms with E-state index in [1.807, 2.05) is 63.5 Å². The van der Waals surface area contributed by atoms with E-state index in [9.17, 15) is 4.79 Å². The summed E-state index contributed by atoms with van der Waals surface area (Å²) in [6.07, 6.45) is 0. The number of carbonyl (C=O) groups excluding carboxylic acids is 1. The highest BCUT2D eigenvalue weighted by Crippen LogP contribution is 2.29. The molecule has 0 unspecified atom stereocenters. The van der Waals surface area contributed by atoms with Crippen molar-refractivity contribution in [1.29, 1.82) is 0 Å². The Labute approximate surface area is 167 Å². The second-order valence-electron chi connectivity index (χ2n) is 6.63. The summed E-state index contributed by atoms with van der Waals surface area (Å²) in [5.41, 5.74) is 2.56. The summed E-state index contributed by atoms with van der Waals surface area (Å²) in [4.78, 5) is 14.8. The van der Waals surface area contributed by atoms with Crippen LogP contribution in [0.3, 0.4) is 0 Å². The van der Waals surface area contributed by atoms with E-state index in [0.29, 0.717) is 17.9 Å². The van der Waals surface area contributed by atoms with E-state index in [1.165, 1.54) is 0 Å². The van der Waals surface area contributed by atoms with Gasteiger partial charge in [0.2, 0.25) is 0 Å². The quantitative estimate of drug-likeness (QED) is 0.623. The monoisotopic (exact) mass is 430 g/mol. The van der Waals surface area contributed by atoms with E-state index in [1.54, 1.807) is 7.11 Å². The molecule has 1 amide bonds. The highest BCUT2D eigenvalue weighted by Gasteiger charge is 2.22. The average molecular weight is 431 g/mol. The third kappa shape index (κ3) is 4.01. The molecule has 5 nitrogen and oxygen atoms in total. The number of amides is 1. The fourth-order valence-corrected chi connectivity index (χ4v) is 3.55. The van der Waals surface area contributed by atoms with Crippen LogP contribution in [0.5, 0.6) is 5.75 Å². The van der Waals surface area contributed by atoms with E-state index < -0.39 is 0 Å². The van der Waals surface area contributed by atoms with Gasteiger partial charge in [0.1, 0.15) is 11.3 Å². The number of carbonyl (C=O) groups is 1. The number of nitrogens with one attached hydrogen (secondary N) is 1. The van der Waals surface area contributed by atoms with Crippen LogP contribution in [0.2, 0.25) is 0 Å². The molecule has 3 aromatic rings. The number of nitrogens with zero attached hydrogens (tertiary/aromatic N) is 1. The topological polar surface area (TPSA) is 54.7 Å². The third-order valence-electron chi connectivity index (χ3n) is 4.68. The fraction of sp³-hybridized carbons (Fsp3) is 0.286. The van der Waals surface area contributed by atoms with Crippen molar-refractivity contribution < 1.29 is 13.9 Å². The highest BCUT2D eigenvalue weighted by atomic mass is 79.9. The number of methoxy groups -OCH3 is 1. The van der Waals surface area contributed by atoms with Crippen LogP contribution in [0, 0.1) is 6.92 Å². The molecule has 6 heteroatoms. The second kappa shape index (κ2) is 8.15. The predicted molar refractivity (Wildman–Crippen MR) is 110 cm³/mol. The Morgan fingerprint density at radius 3 is 2.70 bits per heavy atom. The number of furan rings is 1. The Bertz CT molecular complexity index is 965. The summed E-state index contributed by atoms with van der Waals surface area (Å²) in [5.74, 6) is 0.928. The van der Waals surface area contributed by atoms with Crippen LogP contribution in [0.1, 0.15) is 27.7 Å². The first-order valence-corrected chi connectivity index (χ1v) is 9.48. The first-order chi connectivity index (χ1) is 12.9. The molecule has 3 rings (SSSR count). The van der Waals surface area contributed by atoms with E-state index >= 15 is 0 Å². The van der Waals surface area contributed by atoms with Crippen LogP contribution in [-0.2, 0) is 0 Å². The molecule has 0 aliphatic carbocycles. The van der Waals surface area contributed by atoms with Crippen molar-refractivity contribution >= 4 is 32.8 Å². The Kier molecular flexibility index (Phi) is 5.87. The van der Waals surface area contributed by atoms with Gasteiger partial charge in [-0.3, -0.25) is 4.79 Å². The van der Waals surface area contributed by atoms with Gasteiger partial charge in [0.05, 0.1) is 13.2 Å². The predicted octanol–water partition coefficient (Wildman–Crippen LogP) is 4.55. The Morgan fingerprint density at radius 1 is 1.26 bits per heavy atom. The van der Waals surface area contributed by atoms with Crippen LogP contribution in [0.15, 0.2) is 51.4 Å². The SMILES string of the molecule is COc1ccccc1[C@@H](CNC(=O)c1oc2ccc(Br)cc2c1C)N(C)C. The standard InChI is InChI=1S/C21H23BrN2O3/c1-13-16-11-14(22)9-10-19(16)27-20(13)21(25)23-12-17(24(2)3)15-7-5-6-8-18(15)26-4/h5-11,17H,12H2,1-4H3,(H,23,25)/t17-/m1/s1. The molecule has 1 N–H and O–H groups in total. The van der Waals surface area contributed by atoms with Crippen LogP contribution in [0.25, 0.3) is 11.0 Å². The second-order valence-corrected chi connectivity index (χ2v) is 7.54. The number of hydrogen-bond donors (Lipinski definition) is 1. The minimum atomic E-state index is -0.221. The molecule has 1 aromatic heterocycles. The number of ether oxygens (including phenoxy) is 1. The van der Waals surface area contributed by atoms with Crippen molar-refractivity contribution in [3.8, 4) is 5.75 Å². The van der Waals surface area contributed by atoms with E-state index in [0.717, 1.165) is 26.7 Å². The lowest BCUT2D eigenvalue weighted by atomic mass is 10.0. The van der Waals surface area contributed by atoms with Crippen LogP contribution >= 0.6 is 15.9 Å². The van der Waals surface area contributed by atoms with E-state index in [-0.39, 0.29) is 11.9 Å². The van der Waals surface area contributed by atoms with Gasteiger partial charge in [-0.25, -0.2) is 0 Å². The summed E-state index contributed by atoms with van der Waals surface area (Å²) in [7, 11) is 5.61. The van der Waals surface area contributed by atoms with Crippen LogP contribution < -0.4 is 10.1 Å². The van der Waals surface area contributed by atoms with Gasteiger partial charge in [-0.15, -0.1) is 0 Å². The van der Waals surface area contributed by atoms with Gasteiger partial charge in [0.15, 0.2) is 5.76 Å². The van der Waals surface area contributed by atoms with Crippen molar-refractivity contribution in [1.82, 2.24) is 10.2 Å². The van der Waals surface area contributed by atoms with Gasteiger partial charge in [0.25, 0.3) is 5.91 Å². The summed E-state index contributed by atoms with van der Waals surface area (Å²) < 4.78 is 12.2. The van der Waals surface area contributed by atoms with E-state index in [4.69, 9.17) is 9.15 Å². The number of para-hydroxylation sites is 1. The van der Waals surface area contributed by atoms with Gasteiger partial charge < -0.3 is 19.4 Å². The van der Waals surface area contributed by atoms with Crippen LogP contribution in [-0.4, -0.2) is 38.6 Å². The van der Waals surface area contributed by atoms with Gasteiger partial charge in [0, 0.05) is 27.5 Å². The Morgan fingerprint density at radius 2 is 2.00 bits per heavy atom. The molecule has 1 heterocycles. The number of halogens is 1. The van der Waals surface area contributed by atoms with Crippen molar-refractivity contribution in [3.63, 3.8) is 0 Å². The Hall–Kier alpha value is -2.31.